The Morgan fingerprint density at radius 1 is 1.24 bits per heavy atom. The van der Waals surface area contributed by atoms with Crippen molar-refractivity contribution in [1.82, 2.24) is 4.98 Å². The Morgan fingerprint density at radius 3 is 2.62 bits per heavy atom. The zero-order valence-electron chi connectivity index (χ0n) is 10.5. The molecule has 0 N–H and O–H groups in total. The molecular formula is C14H8ClF3N2O. The SMILES string of the molecule is N#Cc1ccc(OCc2cccc(Cl)n2)c(C(F)(F)F)c1. The zero-order chi connectivity index (χ0) is 15.5. The molecule has 0 aliphatic heterocycles. The van der Waals surface area contributed by atoms with Crippen LogP contribution in [-0.4, -0.2) is 4.98 Å². The van der Waals surface area contributed by atoms with E-state index in [0.717, 1.165) is 12.1 Å². The third kappa shape index (κ3) is 3.86. The Hall–Kier alpha value is -2.26. The van der Waals surface area contributed by atoms with Gasteiger partial charge in [0.2, 0.25) is 0 Å². The van der Waals surface area contributed by atoms with E-state index in [1.54, 1.807) is 24.3 Å². The Labute approximate surface area is 123 Å². The Kier molecular flexibility index (Phi) is 4.34. The predicted molar refractivity (Wildman–Crippen MR) is 69.7 cm³/mol. The monoisotopic (exact) mass is 312 g/mol. The average Bonchev–Trinajstić information content (AvgIpc) is 2.44. The molecule has 21 heavy (non-hydrogen) atoms. The number of nitriles is 1. The molecule has 0 saturated carbocycles. The molecule has 0 saturated heterocycles. The van der Waals surface area contributed by atoms with Gasteiger partial charge in [-0.1, -0.05) is 17.7 Å². The number of ether oxygens (including phenoxy) is 1. The third-order valence-corrected chi connectivity index (χ3v) is 2.77. The van der Waals surface area contributed by atoms with Gasteiger partial charge in [-0.2, -0.15) is 18.4 Å². The van der Waals surface area contributed by atoms with Gasteiger partial charge in [0.05, 0.1) is 22.9 Å². The van der Waals surface area contributed by atoms with Gasteiger partial charge in [0, 0.05) is 0 Å². The van der Waals surface area contributed by atoms with Crippen LogP contribution >= 0.6 is 11.6 Å². The van der Waals surface area contributed by atoms with Gasteiger partial charge in [0.25, 0.3) is 0 Å². The summed E-state index contributed by atoms with van der Waals surface area (Å²) in [5.74, 6) is -0.358. The first kappa shape index (κ1) is 15.1. The fourth-order valence-electron chi connectivity index (χ4n) is 1.63. The van der Waals surface area contributed by atoms with E-state index in [2.05, 4.69) is 4.98 Å². The van der Waals surface area contributed by atoms with Crippen molar-refractivity contribution in [2.45, 2.75) is 12.8 Å². The third-order valence-electron chi connectivity index (χ3n) is 2.56. The van der Waals surface area contributed by atoms with Crippen molar-refractivity contribution < 1.29 is 17.9 Å². The molecule has 0 atom stereocenters. The summed E-state index contributed by atoms with van der Waals surface area (Å²) in [4.78, 5) is 3.92. The molecule has 1 heterocycles. The lowest BCUT2D eigenvalue weighted by molar-refractivity contribution is -0.139. The van der Waals surface area contributed by atoms with Gasteiger partial charge in [-0.15, -0.1) is 0 Å². The molecule has 7 heteroatoms. The van der Waals surface area contributed by atoms with Crippen LogP contribution in [0, 0.1) is 11.3 Å². The van der Waals surface area contributed by atoms with Crippen LogP contribution < -0.4 is 4.74 Å². The normalized spacial score (nSPS) is 11.0. The largest absolute Gasteiger partial charge is 0.487 e. The van der Waals surface area contributed by atoms with Crippen molar-refractivity contribution in [3.8, 4) is 11.8 Å². The highest BCUT2D eigenvalue weighted by molar-refractivity contribution is 6.29. The van der Waals surface area contributed by atoms with Crippen molar-refractivity contribution >= 4 is 11.6 Å². The maximum absolute atomic E-state index is 12.9. The average molecular weight is 313 g/mol. The minimum Gasteiger partial charge on any atom is -0.487 e. The molecule has 0 radical (unpaired) electrons. The molecule has 2 rings (SSSR count). The van der Waals surface area contributed by atoms with E-state index in [4.69, 9.17) is 21.6 Å². The van der Waals surface area contributed by atoms with Gasteiger partial charge >= 0.3 is 6.18 Å². The van der Waals surface area contributed by atoms with E-state index in [1.165, 1.54) is 6.07 Å². The quantitative estimate of drug-likeness (QED) is 0.798. The van der Waals surface area contributed by atoms with Gasteiger partial charge < -0.3 is 4.74 Å². The van der Waals surface area contributed by atoms with E-state index < -0.39 is 11.7 Å². The smallest absolute Gasteiger partial charge is 0.420 e. The lowest BCUT2D eigenvalue weighted by Gasteiger charge is -2.14. The number of rotatable bonds is 3. The second-order valence-corrected chi connectivity index (χ2v) is 4.45. The minimum atomic E-state index is -4.61. The van der Waals surface area contributed by atoms with E-state index in [-0.39, 0.29) is 23.1 Å². The Balaban J connectivity index is 2.26. The number of benzene rings is 1. The number of halogens is 4. The molecule has 3 nitrogen and oxygen atoms in total. The Bertz CT molecular complexity index is 695. The van der Waals surface area contributed by atoms with Crippen molar-refractivity contribution in [3.05, 3.63) is 58.4 Å². The van der Waals surface area contributed by atoms with Crippen LogP contribution in [0.5, 0.6) is 5.75 Å². The first-order valence-electron chi connectivity index (χ1n) is 5.76. The van der Waals surface area contributed by atoms with E-state index in [0.29, 0.717) is 5.69 Å². The number of hydrogen-bond donors (Lipinski definition) is 0. The van der Waals surface area contributed by atoms with Crippen LogP contribution in [0.1, 0.15) is 16.8 Å². The summed E-state index contributed by atoms with van der Waals surface area (Å²) in [7, 11) is 0. The molecule has 0 fully saturated rings. The molecule has 0 amide bonds. The Morgan fingerprint density at radius 2 is 2.00 bits per heavy atom. The summed E-state index contributed by atoms with van der Waals surface area (Å²) in [6.45, 7) is -0.157. The number of nitrogens with zero attached hydrogens (tertiary/aromatic N) is 2. The summed E-state index contributed by atoms with van der Waals surface area (Å²) in [5, 5.41) is 8.90. The molecule has 0 bridgehead atoms. The number of pyridine rings is 1. The summed E-state index contributed by atoms with van der Waals surface area (Å²) in [6, 6.07) is 9.55. The first-order valence-corrected chi connectivity index (χ1v) is 6.13. The van der Waals surface area contributed by atoms with E-state index in [9.17, 15) is 13.2 Å². The van der Waals surface area contributed by atoms with Gasteiger partial charge in [0.15, 0.2) is 0 Å². The van der Waals surface area contributed by atoms with Crippen molar-refractivity contribution in [2.24, 2.45) is 0 Å². The van der Waals surface area contributed by atoms with E-state index in [1.807, 2.05) is 0 Å². The number of alkyl halides is 3. The molecule has 1 aromatic heterocycles. The minimum absolute atomic E-state index is 0.0874. The second-order valence-electron chi connectivity index (χ2n) is 4.06. The molecule has 1 aromatic carbocycles. The van der Waals surface area contributed by atoms with E-state index >= 15 is 0 Å². The fraction of sp³-hybridized carbons (Fsp3) is 0.143. The lowest BCUT2D eigenvalue weighted by atomic mass is 10.1. The maximum Gasteiger partial charge on any atom is 0.420 e. The number of aromatic nitrogens is 1. The molecule has 0 aliphatic rings. The summed E-state index contributed by atoms with van der Waals surface area (Å²) >= 11 is 5.69. The van der Waals surface area contributed by atoms with Crippen molar-refractivity contribution in [3.63, 3.8) is 0 Å². The summed E-state index contributed by atoms with van der Waals surface area (Å²) < 4.78 is 43.9. The molecule has 0 unspecified atom stereocenters. The molecule has 0 aliphatic carbocycles. The highest BCUT2D eigenvalue weighted by atomic mass is 35.5. The van der Waals surface area contributed by atoms with Gasteiger partial charge in [0.1, 0.15) is 17.5 Å². The summed E-state index contributed by atoms with van der Waals surface area (Å²) in [6.07, 6.45) is -4.61. The highest BCUT2D eigenvalue weighted by Crippen LogP contribution is 2.37. The van der Waals surface area contributed by atoms with Gasteiger partial charge in [-0.3, -0.25) is 0 Å². The molecule has 2 aromatic rings. The van der Waals surface area contributed by atoms with Gasteiger partial charge in [-0.05, 0) is 30.3 Å². The topological polar surface area (TPSA) is 45.9 Å². The van der Waals surface area contributed by atoms with Crippen LogP contribution in [0.3, 0.4) is 0 Å². The van der Waals surface area contributed by atoms with Crippen LogP contribution in [0.15, 0.2) is 36.4 Å². The number of hydrogen-bond acceptors (Lipinski definition) is 3. The second kappa shape index (κ2) is 6.02. The molecule has 0 spiro atoms. The maximum atomic E-state index is 12.9. The predicted octanol–water partition coefficient (Wildman–Crippen LogP) is 4.20. The first-order chi connectivity index (χ1) is 9.90. The van der Waals surface area contributed by atoms with Gasteiger partial charge in [-0.25, -0.2) is 4.98 Å². The summed E-state index contributed by atoms with van der Waals surface area (Å²) in [5.41, 5.74) is -0.681. The standard InChI is InChI=1S/C14H8ClF3N2O/c15-13-3-1-2-10(20-13)8-21-12-5-4-9(7-19)6-11(12)14(16,17)18/h1-6H,8H2. The van der Waals surface area contributed by atoms with Crippen LogP contribution in [0.25, 0.3) is 0 Å². The van der Waals surface area contributed by atoms with Crippen LogP contribution in [-0.2, 0) is 12.8 Å². The van der Waals surface area contributed by atoms with Crippen LogP contribution in [0.2, 0.25) is 5.15 Å². The van der Waals surface area contributed by atoms with Crippen molar-refractivity contribution in [1.29, 1.82) is 5.26 Å². The van der Waals surface area contributed by atoms with Crippen molar-refractivity contribution in [2.75, 3.05) is 0 Å². The molecule has 108 valence electrons. The van der Waals surface area contributed by atoms with Crippen LogP contribution in [0.4, 0.5) is 13.2 Å². The lowest BCUT2D eigenvalue weighted by Crippen LogP contribution is -2.09. The highest BCUT2D eigenvalue weighted by Gasteiger charge is 2.34. The zero-order valence-corrected chi connectivity index (χ0v) is 11.2. The molecular weight excluding hydrogens is 305 g/mol. The fourth-order valence-corrected chi connectivity index (χ4v) is 1.81.